The molecule has 0 heteroatoms. The molecule has 0 aromatic heterocycles. The van der Waals surface area contributed by atoms with Gasteiger partial charge in [0.15, 0.2) is 0 Å². The summed E-state index contributed by atoms with van der Waals surface area (Å²) in [7, 11) is 0. The van der Waals surface area contributed by atoms with Gasteiger partial charge >= 0.3 is 0 Å². The normalized spacial score (nSPS) is 14.4. The predicted molar refractivity (Wildman–Crippen MR) is 71.2 cm³/mol. The van der Waals surface area contributed by atoms with Crippen molar-refractivity contribution in [2.24, 2.45) is 16.2 Å². The van der Waals surface area contributed by atoms with Gasteiger partial charge in [-0.05, 0) is 29.1 Å². The maximum absolute atomic E-state index is 2.44. The molecule has 0 saturated heterocycles. The van der Waals surface area contributed by atoms with Crippen molar-refractivity contribution >= 4 is 0 Å². The Balaban J connectivity index is 4.49. The molecule has 0 N–H and O–H groups in total. The molecule has 0 nitrogen and oxygen atoms in total. The molecule has 0 aliphatic carbocycles. The van der Waals surface area contributed by atoms with Gasteiger partial charge in [-0.3, -0.25) is 0 Å². The van der Waals surface area contributed by atoms with E-state index in [2.05, 4.69) is 55.4 Å². The Kier molecular flexibility index (Phi) is 4.89. The summed E-state index contributed by atoms with van der Waals surface area (Å²) in [5, 5.41) is 0. The van der Waals surface area contributed by atoms with E-state index in [1.807, 2.05) is 0 Å². The monoisotopic (exact) mass is 212 g/mol. The summed E-state index contributed by atoms with van der Waals surface area (Å²) < 4.78 is 0. The molecule has 0 rings (SSSR count). The van der Waals surface area contributed by atoms with E-state index in [4.69, 9.17) is 0 Å². The van der Waals surface area contributed by atoms with Crippen LogP contribution in [0.4, 0.5) is 0 Å². The molecule has 0 fully saturated rings. The van der Waals surface area contributed by atoms with Gasteiger partial charge < -0.3 is 0 Å². The van der Waals surface area contributed by atoms with Crippen molar-refractivity contribution in [3.63, 3.8) is 0 Å². The SMILES string of the molecule is CCC(C)(CC)CC(C)(C)CC(C)(C)C. The lowest BCUT2D eigenvalue weighted by molar-refractivity contribution is 0.115. The predicted octanol–water partition coefficient (Wildman–Crippen LogP) is 5.67. The van der Waals surface area contributed by atoms with E-state index in [0.717, 1.165) is 0 Å². The molecular formula is C15H32. The summed E-state index contributed by atoms with van der Waals surface area (Å²) in [5.74, 6) is 0. The van der Waals surface area contributed by atoms with Crippen LogP contribution in [0.2, 0.25) is 0 Å². The highest BCUT2D eigenvalue weighted by molar-refractivity contribution is 4.83. The minimum atomic E-state index is 0.450. The molecule has 0 aromatic carbocycles. The van der Waals surface area contributed by atoms with Crippen LogP contribution in [0.1, 0.15) is 81.1 Å². The molecule has 92 valence electrons. The van der Waals surface area contributed by atoms with Crippen LogP contribution in [-0.2, 0) is 0 Å². The second kappa shape index (κ2) is 4.89. The second-order valence-corrected chi connectivity index (χ2v) is 7.60. The summed E-state index contributed by atoms with van der Waals surface area (Å²) in [6.45, 7) is 19.0. The lowest BCUT2D eigenvalue weighted by Crippen LogP contribution is -2.28. The van der Waals surface area contributed by atoms with Crippen LogP contribution in [0.3, 0.4) is 0 Å². The molecule has 0 radical (unpaired) electrons. The molecule has 0 unspecified atom stereocenters. The third-order valence-electron chi connectivity index (χ3n) is 3.62. The zero-order valence-electron chi connectivity index (χ0n) is 12.3. The first-order valence-electron chi connectivity index (χ1n) is 6.54. The zero-order valence-corrected chi connectivity index (χ0v) is 12.3. The van der Waals surface area contributed by atoms with Crippen LogP contribution >= 0.6 is 0 Å². The number of hydrogen-bond acceptors (Lipinski definition) is 0. The highest BCUT2D eigenvalue weighted by atomic mass is 14.4. The van der Waals surface area contributed by atoms with E-state index in [1.54, 1.807) is 0 Å². The molecule has 0 heterocycles. The van der Waals surface area contributed by atoms with Crippen LogP contribution in [0.5, 0.6) is 0 Å². The Labute approximate surface area is 97.8 Å². The van der Waals surface area contributed by atoms with Crippen molar-refractivity contribution in [1.29, 1.82) is 0 Å². The standard InChI is InChI=1S/C15H32/c1-9-15(8,10-2)12-14(6,7)11-13(3,4)5/h9-12H2,1-8H3. The Morgan fingerprint density at radius 2 is 1.07 bits per heavy atom. The molecule has 0 aliphatic heterocycles. The van der Waals surface area contributed by atoms with Crippen molar-refractivity contribution in [2.75, 3.05) is 0 Å². The molecule has 0 atom stereocenters. The largest absolute Gasteiger partial charge is 0.0649 e. The van der Waals surface area contributed by atoms with Crippen molar-refractivity contribution in [2.45, 2.75) is 81.1 Å². The third kappa shape index (κ3) is 6.22. The minimum absolute atomic E-state index is 0.450. The highest BCUT2D eigenvalue weighted by Gasteiger charge is 2.32. The average Bonchev–Trinajstić information content (AvgIpc) is 1.98. The van der Waals surface area contributed by atoms with Crippen molar-refractivity contribution in [1.82, 2.24) is 0 Å². The first-order chi connectivity index (χ1) is 6.54. The Morgan fingerprint density at radius 3 is 1.33 bits per heavy atom. The quantitative estimate of drug-likeness (QED) is 0.551. The summed E-state index contributed by atoms with van der Waals surface area (Å²) in [6.07, 6.45) is 5.27. The Morgan fingerprint density at radius 1 is 0.667 bits per heavy atom. The van der Waals surface area contributed by atoms with Crippen LogP contribution in [-0.4, -0.2) is 0 Å². The van der Waals surface area contributed by atoms with E-state index in [0.29, 0.717) is 16.2 Å². The molecule has 0 saturated carbocycles. The number of hydrogen-bond donors (Lipinski definition) is 0. The maximum atomic E-state index is 2.44. The van der Waals surface area contributed by atoms with Crippen LogP contribution in [0, 0.1) is 16.2 Å². The second-order valence-electron chi connectivity index (χ2n) is 7.60. The molecule has 0 spiro atoms. The van der Waals surface area contributed by atoms with Crippen LogP contribution < -0.4 is 0 Å². The van der Waals surface area contributed by atoms with Crippen molar-refractivity contribution in [3.05, 3.63) is 0 Å². The fourth-order valence-corrected chi connectivity index (χ4v) is 3.15. The van der Waals surface area contributed by atoms with Gasteiger partial charge in [0.05, 0.1) is 0 Å². The lowest BCUT2D eigenvalue weighted by Gasteiger charge is -2.40. The Bertz CT molecular complexity index is 177. The summed E-state index contributed by atoms with van der Waals surface area (Å²) in [6, 6.07) is 0. The fraction of sp³-hybridized carbons (Fsp3) is 1.00. The van der Waals surface area contributed by atoms with Crippen LogP contribution in [0.15, 0.2) is 0 Å². The smallest absolute Gasteiger partial charge is 0.0326 e. The Hall–Kier alpha value is 0. The minimum Gasteiger partial charge on any atom is -0.0649 e. The van der Waals surface area contributed by atoms with Gasteiger partial charge in [0, 0.05) is 0 Å². The lowest BCUT2D eigenvalue weighted by atomic mass is 9.66. The van der Waals surface area contributed by atoms with Gasteiger partial charge in [0.1, 0.15) is 0 Å². The summed E-state index contributed by atoms with van der Waals surface area (Å²) in [4.78, 5) is 0. The van der Waals surface area contributed by atoms with Gasteiger partial charge in [-0.1, -0.05) is 68.2 Å². The van der Waals surface area contributed by atoms with Crippen molar-refractivity contribution < 1.29 is 0 Å². The van der Waals surface area contributed by atoms with E-state index >= 15 is 0 Å². The van der Waals surface area contributed by atoms with Gasteiger partial charge in [0.2, 0.25) is 0 Å². The first kappa shape index (κ1) is 15.0. The fourth-order valence-electron chi connectivity index (χ4n) is 3.15. The van der Waals surface area contributed by atoms with E-state index < -0.39 is 0 Å². The topological polar surface area (TPSA) is 0 Å². The molecule has 0 amide bonds. The zero-order chi connectivity index (χ0) is 12.3. The first-order valence-corrected chi connectivity index (χ1v) is 6.54. The third-order valence-corrected chi connectivity index (χ3v) is 3.62. The average molecular weight is 212 g/mol. The van der Waals surface area contributed by atoms with Gasteiger partial charge in [-0.15, -0.1) is 0 Å². The molecular weight excluding hydrogens is 180 g/mol. The highest BCUT2D eigenvalue weighted by Crippen LogP contribution is 2.44. The summed E-state index contributed by atoms with van der Waals surface area (Å²) >= 11 is 0. The molecule has 15 heavy (non-hydrogen) atoms. The number of rotatable bonds is 5. The molecule has 0 aliphatic rings. The molecule has 0 bridgehead atoms. The molecule has 0 aromatic rings. The van der Waals surface area contributed by atoms with E-state index in [1.165, 1.54) is 25.7 Å². The van der Waals surface area contributed by atoms with Crippen molar-refractivity contribution in [3.8, 4) is 0 Å². The van der Waals surface area contributed by atoms with Gasteiger partial charge in [0.25, 0.3) is 0 Å². The summed E-state index contributed by atoms with van der Waals surface area (Å²) in [5.41, 5.74) is 1.46. The van der Waals surface area contributed by atoms with Gasteiger partial charge in [-0.25, -0.2) is 0 Å². The van der Waals surface area contributed by atoms with Crippen LogP contribution in [0.25, 0.3) is 0 Å². The van der Waals surface area contributed by atoms with E-state index in [9.17, 15) is 0 Å². The van der Waals surface area contributed by atoms with E-state index in [-0.39, 0.29) is 0 Å². The van der Waals surface area contributed by atoms with Gasteiger partial charge in [-0.2, -0.15) is 0 Å². The maximum Gasteiger partial charge on any atom is -0.0326 e.